The number of rotatable bonds is 0. The normalized spacial score (nSPS) is 54.2. The minimum absolute atomic E-state index is 0.395. The molecule has 4 atom stereocenters. The average molecular weight is 218 g/mol. The Kier molecular flexibility index (Phi) is 1.74. The molecule has 0 heterocycles. The molecule has 0 aliphatic heterocycles. The monoisotopic (exact) mass is 218 g/mol. The van der Waals surface area contributed by atoms with E-state index in [1.165, 1.54) is 0 Å². The van der Waals surface area contributed by atoms with Crippen molar-refractivity contribution >= 4 is 11.6 Å². The SMILES string of the molecule is O=C1CCC2C1CC1CC3C(=O)CCC3C12. The van der Waals surface area contributed by atoms with Crippen LogP contribution in [-0.2, 0) is 9.59 Å². The molecule has 86 valence electrons. The van der Waals surface area contributed by atoms with Crippen LogP contribution in [0.1, 0.15) is 38.5 Å². The molecule has 0 amide bonds. The number of carbonyl (C=O) groups is 2. The van der Waals surface area contributed by atoms with Crippen LogP contribution in [0, 0.1) is 35.5 Å². The minimum atomic E-state index is 0.395. The van der Waals surface area contributed by atoms with E-state index < -0.39 is 0 Å². The molecule has 0 aromatic carbocycles. The third-order valence-electron chi connectivity index (χ3n) is 5.96. The van der Waals surface area contributed by atoms with Gasteiger partial charge in [0.15, 0.2) is 0 Å². The Bertz CT molecular complexity index is 339. The first-order valence-electron chi connectivity index (χ1n) is 6.81. The molecular weight excluding hydrogens is 200 g/mol. The summed E-state index contributed by atoms with van der Waals surface area (Å²) >= 11 is 0. The lowest BCUT2D eigenvalue weighted by atomic mass is 9.81. The van der Waals surface area contributed by atoms with E-state index in [1.807, 2.05) is 0 Å². The molecular formula is C14H18O2. The van der Waals surface area contributed by atoms with E-state index in [-0.39, 0.29) is 0 Å². The molecule has 4 aliphatic carbocycles. The van der Waals surface area contributed by atoms with Crippen LogP contribution < -0.4 is 0 Å². The predicted octanol–water partition coefficient (Wildman–Crippen LogP) is 2.22. The lowest BCUT2D eigenvalue weighted by molar-refractivity contribution is -0.121. The molecule has 0 spiro atoms. The highest BCUT2D eigenvalue weighted by Crippen LogP contribution is 2.62. The highest BCUT2D eigenvalue weighted by atomic mass is 16.1. The van der Waals surface area contributed by atoms with Crippen molar-refractivity contribution in [1.82, 2.24) is 0 Å². The molecule has 0 aromatic rings. The van der Waals surface area contributed by atoms with Crippen LogP contribution in [0.5, 0.6) is 0 Å². The smallest absolute Gasteiger partial charge is 0.136 e. The summed E-state index contributed by atoms with van der Waals surface area (Å²) in [6.07, 6.45) is 6.14. The maximum absolute atomic E-state index is 11.8. The Morgan fingerprint density at radius 1 is 0.812 bits per heavy atom. The number of fused-ring (bicyclic) bond motifs is 5. The minimum Gasteiger partial charge on any atom is -0.299 e. The lowest BCUT2D eigenvalue weighted by Crippen LogP contribution is -2.20. The Morgan fingerprint density at radius 2 is 1.31 bits per heavy atom. The quantitative estimate of drug-likeness (QED) is 0.624. The fourth-order valence-corrected chi connectivity index (χ4v) is 5.48. The van der Waals surface area contributed by atoms with Gasteiger partial charge >= 0.3 is 0 Å². The molecule has 2 heteroatoms. The third kappa shape index (κ3) is 0.988. The van der Waals surface area contributed by atoms with Gasteiger partial charge in [0, 0.05) is 24.7 Å². The molecule has 2 nitrogen and oxygen atoms in total. The lowest BCUT2D eigenvalue weighted by Gasteiger charge is -2.23. The Labute approximate surface area is 95.8 Å². The summed E-state index contributed by atoms with van der Waals surface area (Å²) in [7, 11) is 0. The van der Waals surface area contributed by atoms with E-state index in [4.69, 9.17) is 0 Å². The van der Waals surface area contributed by atoms with E-state index in [1.54, 1.807) is 0 Å². The summed E-state index contributed by atoms with van der Waals surface area (Å²) < 4.78 is 0. The number of carbonyl (C=O) groups excluding carboxylic acids is 2. The molecule has 0 aromatic heterocycles. The van der Waals surface area contributed by atoms with Crippen LogP contribution in [-0.4, -0.2) is 11.6 Å². The second-order valence-electron chi connectivity index (χ2n) is 6.36. The van der Waals surface area contributed by atoms with Crippen molar-refractivity contribution in [3.05, 3.63) is 0 Å². The van der Waals surface area contributed by atoms with E-state index in [9.17, 15) is 9.59 Å². The summed E-state index contributed by atoms with van der Waals surface area (Å²) in [5, 5.41) is 0. The molecule has 0 N–H and O–H groups in total. The Hall–Kier alpha value is -0.660. The van der Waals surface area contributed by atoms with E-state index in [0.29, 0.717) is 35.2 Å². The van der Waals surface area contributed by atoms with Crippen molar-refractivity contribution in [2.75, 3.05) is 0 Å². The maximum atomic E-state index is 11.8. The van der Waals surface area contributed by atoms with Gasteiger partial charge < -0.3 is 0 Å². The molecule has 4 aliphatic rings. The first-order chi connectivity index (χ1) is 7.75. The van der Waals surface area contributed by atoms with Gasteiger partial charge in [-0.3, -0.25) is 9.59 Å². The first-order valence-corrected chi connectivity index (χ1v) is 6.81. The second kappa shape index (κ2) is 2.96. The number of ketones is 2. The molecule has 4 fully saturated rings. The van der Waals surface area contributed by atoms with Crippen molar-refractivity contribution in [2.24, 2.45) is 35.5 Å². The van der Waals surface area contributed by atoms with Gasteiger partial charge in [-0.25, -0.2) is 0 Å². The van der Waals surface area contributed by atoms with Crippen LogP contribution in [0.3, 0.4) is 0 Å². The van der Waals surface area contributed by atoms with Crippen molar-refractivity contribution < 1.29 is 9.59 Å². The zero-order valence-corrected chi connectivity index (χ0v) is 9.52. The van der Waals surface area contributed by atoms with E-state index >= 15 is 0 Å². The Balaban J connectivity index is 1.66. The average Bonchev–Trinajstić information content (AvgIpc) is 2.92. The van der Waals surface area contributed by atoms with Crippen LogP contribution in [0.2, 0.25) is 0 Å². The zero-order valence-electron chi connectivity index (χ0n) is 9.52. The van der Waals surface area contributed by atoms with Crippen molar-refractivity contribution in [2.45, 2.75) is 38.5 Å². The van der Waals surface area contributed by atoms with Crippen LogP contribution in [0.15, 0.2) is 0 Å². The van der Waals surface area contributed by atoms with E-state index in [0.717, 1.165) is 50.4 Å². The number of Topliss-reactive ketones (excluding diaryl/α,β-unsaturated/α-hetero) is 2. The highest BCUT2D eigenvalue weighted by Gasteiger charge is 2.59. The van der Waals surface area contributed by atoms with Gasteiger partial charge in [-0.15, -0.1) is 0 Å². The van der Waals surface area contributed by atoms with Gasteiger partial charge in [-0.05, 0) is 49.4 Å². The fourth-order valence-electron chi connectivity index (χ4n) is 5.48. The van der Waals surface area contributed by atoms with Crippen molar-refractivity contribution in [3.63, 3.8) is 0 Å². The molecule has 0 saturated heterocycles. The Morgan fingerprint density at radius 3 is 1.81 bits per heavy atom. The van der Waals surface area contributed by atoms with Gasteiger partial charge in [0.2, 0.25) is 0 Å². The topological polar surface area (TPSA) is 34.1 Å². The number of hydrogen-bond acceptors (Lipinski definition) is 2. The molecule has 4 rings (SSSR count). The molecule has 0 bridgehead atoms. The largest absolute Gasteiger partial charge is 0.299 e. The molecule has 0 radical (unpaired) electrons. The van der Waals surface area contributed by atoms with Crippen LogP contribution in [0.25, 0.3) is 0 Å². The zero-order chi connectivity index (χ0) is 10.9. The standard InChI is InChI=1S/C14H18O2/c15-12-3-1-8-10(12)5-7-6-11-9(14(7)8)2-4-13(11)16/h7-11,14H,1-6H2. The first kappa shape index (κ1) is 9.38. The van der Waals surface area contributed by atoms with Crippen molar-refractivity contribution in [3.8, 4) is 0 Å². The van der Waals surface area contributed by atoms with Gasteiger partial charge in [0.05, 0.1) is 0 Å². The summed E-state index contributed by atoms with van der Waals surface area (Å²) in [5.74, 6) is 4.64. The maximum Gasteiger partial charge on any atom is 0.136 e. The summed E-state index contributed by atoms with van der Waals surface area (Å²) in [6, 6.07) is 0. The van der Waals surface area contributed by atoms with Crippen LogP contribution >= 0.6 is 0 Å². The summed E-state index contributed by atoms with van der Waals surface area (Å²) in [4.78, 5) is 23.6. The molecule has 4 saturated carbocycles. The van der Waals surface area contributed by atoms with Gasteiger partial charge in [-0.1, -0.05) is 0 Å². The summed E-state index contributed by atoms with van der Waals surface area (Å²) in [5.41, 5.74) is 0. The van der Waals surface area contributed by atoms with Crippen molar-refractivity contribution in [1.29, 1.82) is 0 Å². The van der Waals surface area contributed by atoms with E-state index in [2.05, 4.69) is 0 Å². The molecule has 4 unspecified atom stereocenters. The van der Waals surface area contributed by atoms with Gasteiger partial charge in [0.1, 0.15) is 11.6 Å². The summed E-state index contributed by atoms with van der Waals surface area (Å²) in [6.45, 7) is 0. The fraction of sp³-hybridized carbons (Fsp3) is 0.857. The highest BCUT2D eigenvalue weighted by molar-refractivity contribution is 5.85. The van der Waals surface area contributed by atoms with Crippen LogP contribution in [0.4, 0.5) is 0 Å². The number of hydrogen-bond donors (Lipinski definition) is 0. The van der Waals surface area contributed by atoms with Gasteiger partial charge in [0.25, 0.3) is 0 Å². The third-order valence-corrected chi connectivity index (χ3v) is 5.96. The molecule has 16 heavy (non-hydrogen) atoms. The predicted molar refractivity (Wildman–Crippen MR) is 58.7 cm³/mol. The van der Waals surface area contributed by atoms with Gasteiger partial charge in [-0.2, -0.15) is 0 Å². The second-order valence-corrected chi connectivity index (χ2v) is 6.36.